The van der Waals surface area contributed by atoms with Gasteiger partial charge in [0.15, 0.2) is 6.10 Å². The first-order chi connectivity index (χ1) is 15.5. The molecule has 2 saturated heterocycles. The first kappa shape index (κ1) is 21.1. The molecular weight excluding hydrogens is 426 g/mol. The molecule has 0 spiro atoms. The van der Waals surface area contributed by atoms with E-state index in [9.17, 15) is 5.11 Å². The number of ether oxygens (including phenoxy) is 2. The lowest BCUT2D eigenvalue weighted by atomic mass is 10.1. The van der Waals surface area contributed by atoms with Gasteiger partial charge in [0.05, 0.1) is 24.4 Å². The fourth-order valence-electron chi connectivity index (χ4n) is 4.17. The van der Waals surface area contributed by atoms with Crippen LogP contribution in [-0.2, 0) is 14.2 Å². The van der Waals surface area contributed by atoms with E-state index in [4.69, 9.17) is 13.8 Å². The molecule has 4 heterocycles. The highest BCUT2D eigenvalue weighted by atomic mass is 32.2. The summed E-state index contributed by atoms with van der Waals surface area (Å²) in [6.45, 7) is 2.64. The molecule has 0 amide bonds. The summed E-state index contributed by atoms with van der Waals surface area (Å²) in [6.07, 6.45) is 4.50. The molecule has 0 saturated carbocycles. The van der Waals surface area contributed by atoms with Crippen molar-refractivity contribution in [2.24, 2.45) is 4.36 Å². The predicted octanol–water partition coefficient (Wildman–Crippen LogP) is 3.41. The molecule has 32 heavy (non-hydrogen) atoms. The summed E-state index contributed by atoms with van der Waals surface area (Å²) in [4.78, 5) is 13.3. The van der Waals surface area contributed by atoms with E-state index in [1.807, 2.05) is 25.1 Å². The number of aromatic nitrogens is 3. The van der Waals surface area contributed by atoms with Gasteiger partial charge < -0.3 is 19.9 Å². The number of aryl methyl sites for hydroxylation is 1. The Hall–Kier alpha value is -2.75. The number of fused-ring (bicyclic) bond motifs is 1. The van der Waals surface area contributed by atoms with Gasteiger partial charge in [-0.25, -0.2) is 19.3 Å². The van der Waals surface area contributed by atoms with Crippen molar-refractivity contribution in [3.8, 4) is 5.88 Å². The van der Waals surface area contributed by atoms with Crippen molar-refractivity contribution in [1.82, 2.24) is 15.0 Å². The van der Waals surface area contributed by atoms with Gasteiger partial charge in [0, 0.05) is 11.6 Å². The van der Waals surface area contributed by atoms with Crippen LogP contribution in [0.5, 0.6) is 5.88 Å². The van der Waals surface area contributed by atoms with Crippen LogP contribution in [0.25, 0.3) is 10.9 Å². The van der Waals surface area contributed by atoms with Gasteiger partial charge in [-0.1, -0.05) is 5.87 Å². The van der Waals surface area contributed by atoms with Crippen LogP contribution in [0.4, 0.5) is 17.2 Å². The SMILES string of the molecule is C=S1(=Nc2cc(C)c3c(Nc4cccnc4O[C@H]4COC[C@@H]4O)ncnc3c2)CCCC1. The highest BCUT2D eigenvalue weighted by Crippen LogP contribution is 2.33. The fourth-order valence-corrected chi connectivity index (χ4v) is 6.59. The molecule has 2 aliphatic rings. The molecule has 0 radical (unpaired) electrons. The number of hydrogen-bond acceptors (Lipinski definition) is 8. The zero-order valence-corrected chi connectivity index (χ0v) is 18.8. The van der Waals surface area contributed by atoms with Crippen molar-refractivity contribution in [1.29, 1.82) is 0 Å². The summed E-state index contributed by atoms with van der Waals surface area (Å²) in [7, 11) is -1.16. The molecule has 0 unspecified atom stereocenters. The van der Waals surface area contributed by atoms with E-state index in [0.29, 0.717) is 24.0 Å². The van der Waals surface area contributed by atoms with E-state index in [-0.39, 0.29) is 6.61 Å². The van der Waals surface area contributed by atoms with Crippen LogP contribution in [0, 0.1) is 6.92 Å². The number of nitrogens with one attached hydrogen (secondary N) is 1. The number of pyridine rings is 1. The molecule has 2 aliphatic heterocycles. The first-order valence-corrected chi connectivity index (χ1v) is 12.9. The molecule has 0 aliphatic carbocycles. The van der Waals surface area contributed by atoms with Crippen molar-refractivity contribution >= 4 is 43.4 Å². The van der Waals surface area contributed by atoms with Crippen molar-refractivity contribution in [3.63, 3.8) is 0 Å². The molecule has 2 N–H and O–H groups in total. The Bertz CT molecular complexity index is 1260. The molecule has 5 rings (SSSR count). The minimum atomic E-state index is -1.16. The van der Waals surface area contributed by atoms with Crippen molar-refractivity contribution in [2.75, 3.05) is 30.0 Å². The lowest BCUT2D eigenvalue weighted by molar-refractivity contribution is 0.0709. The minimum Gasteiger partial charge on any atom is -0.468 e. The average molecular weight is 454 g/mol. The van der Waals surface area contributed by atoms with Gasteiger partial charge in [-0.3, -0.25) is 0 Å². The topological polar surface area (TPSA) is 102 Å². The highest BCUT2D eigenvalue weighted by Gasteiger charge is 2.29. The van der Waals surface area contributed by atoms with E-state index in [1.54, 1.807) is 12.5 Å². The number of benzene rings is 1. The third-order valence-corrected chi connectivity index (χ3v) is 8.50. The summed E-state index contributed by atoms with van der Waals surface area (Å²) in [6, 6.07) is 7.79. The maximum Gasteiger partial charge on any atom is 0.238 e. The number of aliphatic hydroxyl groups excluding tert-OH is 1. The Morgan fingerprint density at radius 1 is 1.22 bits per heavy atom. The van der Waals surface area contributed by atoms with Gasteiger partial charge in [0.1, 0.15) is 23.9 Å². The van der Waals surface area contributed by atoms with Gasteiger partial charge in [-0.05, 0) is 61.1 Å². The van der Waals surface area contributed by atoms with Crippen LogP contribution in [-0.4, -0.2) is 62.9 Å². The summed E-state index contributed by atoms with van der Waals surface area (Å²) < 4.78 is 16.2. The number of rotatable bonds is 5. The van der Waals surface area contributed by atoms with E-state index in [0.717, 1.165) is 33.7 Å². The lowest BCUT2D eigenvalue weighted by Crippen LogP contribution is -2.30. The summed E-state index contributed by atoms with van der Waals surface area (Å²) in [5, 5.41) is 14.3. The van der Waals surface area contributed by atoms with Crippen LogP contribution in [0.1, 0.15) is 18.4 Å². The Morgan fingerprint density at radius 3 is 2.84 bits per heavy atom. The number of nitrogens with zero attached hydrogens (tertiary/aromatic N) is 4. The first-order valence-electron chi connectivity index (χ1n) is 10.8. The van der Waals surface area contributed by atoms with Gasteiger partial charge in [-0.15, -0.1) is 9.41 Å². The number of hydrogen-bond donors (Lipinski definition) is 2. The summed E-state index contributed by atoms with van der Waals surface area (Å²) in [5.41, 5.74) is 3.46. The minimum absolute atomic E-state index is 0.264. The Balaban J connectivity index is 1.49. The smallest absolute Gasteiger partial charge is 0.238 e. The molecule has 2 fully saturated rings. The maximum atomic E-state index is 10.0. The van der Waals surface area contributed by atoms with Gasteiger partial charge in [-0.2, -0.15) is 0 Å². The van der Waals surface area contributed by atoms with E-state index >= 15 is 0 Å². The molecule has 3 aromatic rings. The third-order valence-electron chi connectivity index (χ3n) is 5.80. The van der Waals surface area contributed by atoms with Crippen LogP contribution in [0.15, 0.2) is 41.2 Å². The van der Waals surface area contributed by atoms with Gasteiger partial charge in [0.2, 0.25) is 5.88 Å². The van der Waals surface area contributed by atoms with E-state index in [2.05, 4.69) is 32.2 Å². The lowest BCUT2D eigenvalue weighted by Gasteiger charge is -2.18. The molecule has 1 aromatic carbocycles. The average Bonchev–Trinajstić information content (AvgIpc) is 3.37. The Morgan fingerprint density at radius 2 is 2.06 bits per heavy atom. The normalized spacial score (nSPS) is 22.2. The third kappa shape index (κ3) is 4.28. The maximum absolute atomic E-state index is 10.0. The number of aliphatic hydroxyl groups is 1. The van der Waals surface area contributed by atoms with Crippen molar-refractivity contribution in [2.45, 2.75) is 32.0 Å². The predicted molar refractivity (Wildman–Crippen MR) is 129 cm³/mol. The van der Waals surface area contributed by atoms with Crippen LogP contribution < -0.4 is 10.1 Å². The molecule has 2 aromatic heterocycles. The Labute approximate surface area is 187 Å². The van der Waals surface area contributed by atoms with E-state index in [1.165, 1.54) is 12.8 Å². The van der Waals surface area contributed by atoms with Crippen LogP contribution in [0.2, 0.25) is 0 Å². The largest absolute Gasteiger partial charge is 0.468 e. The van der Waals surface area contributed by atoms with Crippen LogP contribution in [0.3, 0.4) is 0 Å². The second kappa shape index (κ2) is 8.65. The fraction of sp³-hybridized carbons (Fsp3) is 0.391. The second-order valence-electron chi connectivity index (χ2n) is 8.33. The zero-order valence-electron chi connectivity index (χ0n) is 18.0. The standard InChI is InChI=1S/C23H27N5O3S/c1-15-10-16(28-32(2)8-3-4-9-32)11-18-21(15)22(26-14-25-18)27-17-6-5-7-24-23(17)31-20-13-30-12-19(20)29/h5-7,10-11,14,19-20,29H,2-4,8-9,12-13H2,1H3,(H,25,26,27)/t19-,20-/m0/s1. The summed E-state index contributed by atoms with van der Waals surface area (Å²) in [5.74, 6) is 7.69. The molecule has 168 valence electrons. The van der Waals surface area contributed by atoms with Gasteiger partial charge in [0.25, 0.3) is 0 Å². The van der Waals surface area contributed by atoms with E-state index < -0.39 is 21.6 Å². The zero-order chi connectivity index (χ0) is 22.1. The van der Waals surface area contributed by atoms with Gasteiger partial charge >= 0.3 is 0 Å². The quantitative estimate of drug-likeness (QED) is 0.571. The Kier molecular flexibility index (Phi) is 5.71. The van der Waals surface area contributed by atoms with Crippen molar-refractivity contribution < 1.29 is 14.6 Å². The van der Waals surface area contributed by atoms with Crippen molar-refractivity contribution in [3.05, 3.63) is 42.4 Å². The van der Waals surface area contributed by atoms with Crippen LogP contribution >= 0.6 is 0 Å². The molecular formula is C23H27N5O3S. The molecule has 9 heteroatoms. The highest BCUT2D eigenvalue weighted by molar-refractivity contribution is 8.02. The monoisotopic (exact) mass is 453 g/mol. The molecule has 2 atom stereocenters. The summed E-state index contributed by atoms with van der Waals surface area (Å²) >= 11 is 0. The molecule has 8 nitrogen and oxygen atoms in total. The number of anilines is 2. The second-order valence-corrected chi connectivity index (χ2v) is 11.3. The molecule has 0 bridgehead atoms.